The van der Waals surface area contributed by atoms with Crippen LogP contribution in [0, 0.1) is 5.51 Å². The lowest BCUT2D eigenvalue weighted by Gasteiger charge is -2.04. The van der Waals surface area contributed by atoms with Gasteiger partial charge in [-0.1, -0.05) is 12.1 Å². The van der Waals surface area contributed by atoms with Gasteiger partial charge in [-0.15, -0.1) is 11.3 Å². The van der Waals surface area contributed by atoms with E-state index in [1.165, 1.54) is 11.3 Å². The highest BCUT2D eigenvalue weighted by Gasteiger charge is 2.01. The highest BCUT2D eigenvalue weighted by molar-refractivity contribution is 7.07. The first-order chi connectivity index (χ1) is 7.40. The predicted molar refractivity (Wildman–Crippen MR) is 59.0 cm³/mol. The number of rotatable bonds is 4. The van der Waals surface area contributed by atoms with Gasteiger partial charge >= 0.3 is 0 Å². The molecule has 15 heavy (non-hydrogen) atoms. The van der Waals surface area contributed by atoms with Crippen LogP contribution < -0.4 is 4.74 Å². The van der Waals surface area contributed by atoms with Gasteiger partial charge in [-0.25, -0.2) is 4.98 Å². The number of nitrogens with zero attached hydrogens (tertiary/aromatic N) is 1. The molecule has 1 aromatic carbocycles. The second-order valence-electron chi connectivity index (χ2n) is 2.92. The van der Waals surface area contributed by atoms with Crippen molar-refractivity contribution in [2.75, 3.05) is 13.2 Å². The molecule has 2 rings (SSSR count). The molecule has 1 aromatic heterocycles. The van der Waals surface area contributed by atoms with Crippen LogP contribution in [0.25, 0.3) is 11.3 Å². The molecule has 0 atom stereocenters. The first-order valence-corrected chi connectivity index (χ1v) is 5.44. The summed E-state index contributed by atoms with van der Waals surface area (Å²) in [5.41, 5.74) is 4.70. The summed E-state index contributed by atoms with van der Waals surface area (Å²) in [6.45, 7) is 0.335. The van der Waals surface area contributed by atoms with Crippen LogP contribution in [0.2, 0.25) is 0 Å². The minimum absolute atomic E-state index is 0.0225. The Hall–Kier alpha value is -1.39. The summed E-state index contributed by atoms with van der Waals surface area (Å²) in [5.74, 6) is 0.745. The molecule has 0 unspecified atom stereocenters. The summed E-state index contributed by atoms with van der Waals surface area (Å²) in [6, 6.07) is 7.63. The maximum absolute atomic E-state index is 8.64. The zero-order valence-electron chi connectivity index (χ0n) is 8.01. The Balaban J connectivity index is 2.19. The average Bonchev–Trinajstić information content (AvgIpc) is 2.80. The number of aliphatic hydroxyl groups excluding tert-OH is 1. The molecule has 0 aliphatic heterocycles. The second kappa shape index (κ2) is 4.91. The Kier molecular flexibility index (Phi) is 3.32. The number of hydrogen-bond donors (Lipinski definition) is 1. The van der Waals surface area contributed by atoms with Gasteiger partial charge in [0.05, 0.1) is 12.3 Å². The van der Waals surface area contributed by atoms with Crippen LogP contribution in [0.3, 0.4) is 0 Å². The van der Waals surface area contributed by atoms with Crippen molar-refractivity contribution < 1.29 is 9.84 Å². The molecule has 0 bridgehead atoms. The van der Waals surface area contributed by atoms with Gasteiger partial charge in [-0.05, 0) is 12.1 Å². The summed E-state index contributed by atoms with van der Waals surface area (Å²) in [4.78, 5) is 4.10. The average molecular weight is 220 g/mol. The summed E-state index contributed by atoms with van der Waals surface area (Å²) in [6.07, 6.45) is 0. The molecule has 4 heteroatoms. The highest BCUT2D eigenvalue weighted by Crippen LogP contribution is 2.23. The zero-order chi connectivity index (χ0) is 10.5. The molecule has 0 amide bonds. The third-order valence-corrected chi connectivity index (χ3v) is 2.42. The molecule has 0 fully saturated rings. The molecule has 1 heterocycles. The van der Waals surface area contributed by atoms with Gasteiger partial charge in [0, 0.05) is 10.9 Å². The zero-order valence-corrected chi connectivity index (χ0v) is 8.83. The smallest absolute Gasteiger partial charge is 0.152 e. The molecule has 0 aliphatic rings. The van der Waals surface area contributed by atoms with Crippen LogP contribution in [0.5, 0.6) is 5.75 Å². The monoisotopic (exact) mass is 220 g/mol. The predicted octanol–water partition coefficient (Wildman–Crippen LogP) is 1.98. The van der Waals surface area contributed by atoms with Crippen molar-refractivity contribution >= 4 is 11.3 Å². The molecule has 3 nitrogen and oxygen atoms in total. The van der Waals surface area contributed by atoms with Crippen LogP contribution in [0.4, 0.5) is 0 Å². The van der Waals surface area contributed by atoms with Crippen LogP contribution in [-0.2, 0) is 0 Å². The summed E-state index contributed by atoms with van der Waals surface area (Å²) in [7, 11) is 0. The molecule has 2 aromatic rings. The summed E-state index contributed by atoms with van der Waals surface area (Å²) in [5, 5.41) is 10.6. The third-order valence-electron chi connectivity index (χ3n) is 1.88. The fraction of sp³-hybridized carbons (Fsp3) is 0.182. The molecular weight excluding hydrogens is 210 g/mol. The van der Waals surface area contributed by atoms with E-state index in [0.29, 0.717) is 6.61 Å². The van der Waals surface area contributed by atoms with E-state index in [9.17, 15) is 0 Å². The van der Waals surface area contributed by atoms with E-state index in [2.05, 4.69) is 10.5 Å². The van der Waals surface area contributed by atoms with E-state index in [1.54, 1.807) is 0 Å². The van der Waals surface area contributed by atoms with Gasteiger partial charge in [0.15, 0.2) is 5.51 Å². The number of thiazole rings is 1. The molecular formula is C11H10NO2S. The van der Waals surface area contributed by atoms with E-state index in [0.717, 1.165) is 17.0 Å². The normalized spacial score (nSPS) is 10.2. The summed E-state index contributed by atoms with van der Waals surface area (Å²) >= 11 is 1.44. The molecule has 0 spiro atoms. The van der Waals surface area contributed by atoms with E-state index >= 15 is 0 Å². The first-order valence-electron chi connectivity index (χ1n) is 4.56. The van der Waals surface area contributed by atoms with Crippen molar-refractivity contribution in [1.29, 1.82) is 0 Å². The maximum Gasteiger partial charge on any atom is 0.152 e. The standard InChI is InChI=1S/C11H10NO2S/c13-4-5-14-10-3-1-2-9(6-10)11-7-15-8-12-11/h1-3,6-7,13H,4-5H2. The minimum Gasteiger partial charge on any atom is -0.491 e. The van der Waals surface area contributed by atoms with Crippen molar-refractivity contribution in [3.8, 4) is 17.0 Å². The van der Waals surface area contributed by atoms with Gasteiger partial charge < -0.3 is 9.84 Å². The number of ether oxygens (including phenoxy) is 1. The van der Waals surface area contributed by atoms with Crippen molar-refractivity contribution in [1.82, 2.24) is 4.98 Å². The van der Waals surface area contributed by atoms with Crippen LogP contribution in [0.15, 0.2) is 29.6 Å². The van der Waals surface area contributed by atoms with Crippen molar-refractivity contribution in [2.45, 2.75) is 0 Å². The van der Waals surface area contributed by atoms with Gasteiger partial charge in [0.1, 0.15) is 12.4 Å². The topological polar surface area (TPSA) is 42.4 Å². The molecule has 77 valence electrons. The third kappa shape index (κ3) is 2.55. The fourth-order valence-corrected chi connectivity index (χ4v) is 1.73. The second-order valence-corrected chi connectivity index (χ2v) is 3.58. The van der Waals surface area contributed by atoms with Gasteiger partial charge in [0.25, 0.3) is 0 Å². The number of hydrogen-bond acceptors (Lipinski definition) is 4. The highest BCUT2D eigenvalue weighted by atomic mass is 32.1. The maximum atomic E-state index is 8.64. The molecule has 1 radical (unpaired) electrons. The largest absolute Gasteiger partial charge is 0.491 e. The van der Waals surface area contributed by atoms with Crippen molar-refractivity contribution in [2.24, 2.45) is 0 Å². The Labute approximate surface area is 92.0 Å². The molecule has 0 saturated heterocycles. The molecule has 1 N–H and O–H groups in total. The first kappa shape index (κ1) is 10.1. The lowest BCUT2D eigenvalue weighted by atomic mass is 10.2. The van der Waals surface area contributed by atoms with Crippen LogP contribution in [0.1, 0.15) is 0 Å². The number of aromatic nitrogens is 1. The SMILES string of the molecule is OCCOc1cccc(-c2cs[c]n2)c1. The number of aliphatic hydroxyl groups is 1. The Morgan fingerprint density at radius 2 is 2.40 bits per heavy atom. The Morgan fingerprint density at radius 3 is 3.13 bits per heavy atom. The van der Waals surface area contributed by atoms with E-state index in [4.69, 9.17) is 9.84 Å². The summed E-state index contributed by atoms with van der Waals surface area (Å²) < 4.78 is 5.31. The van der Waals surface area contributed by atoms with Gasteiger partial charge in [0.2, 0.25) is 0 Å². The minimum atomic E-state index is 0.0225. The van der Waals surface area contributed by atoms with E-state index in [1.807, 2.05) is 29.6 Å². The Bertz CT molecular complexity index is 414. The molecule has 0 aliphatic carbocycles. The van der Waals surface area contributed by atoms with E-state index < -0.39 is 0 Å². The van der Waals surface area contributed by atoms with E-state index in [-0.39, 0.29) is 6.61 Å². The van der Waals surface area contributed by atoms with Crippen LogP contribution >= 0.6 is 11.3 Å². The quantitative estimate of drug-likeness (QED) is 0.856. The number of benzene rings is 1. The lowest BCUT2D eigenvalue weighted by Crippen LogP contribution is -2.01. The van der Waals surface area contributed by atoms with Crippen molar-refractivity contribution in [3.63, 3.8) is 0 Å². The Morgan fingerprint density at radius 1 is 1.47 bits per heavy atom. The van der Waals surface area contributed by atoms with Gasteiger partial charge in [-0.2, -0.15) is 0 Å². The van der Waals surface area contributed by atoms with Gasteiger partial charge in [-0.3, -0.25) is 0 Å². The molecule has 0 saturated carbocycles. The van der Waals surface area contributed by atoms with Crippen molar-refractivity contribution in [3.05, 3.63) is 35.2 Å². The van der Waals surface area contributed by atoms with Crippen LogP contribution in [-0.4, -0.2) is 23.3 Å². The lowest BCUT2D eigenvalue weighted by molar-refractivity contribution is 0.201. The fourth-order valence-electron chi connectivity index (χ4n) is 1.23.